The van der Waals surface area contributed by atoms with Crippen LogP contribution in [0.25, 0.3) is 0 Å². The molecule has 4 aliphatic rings. The van der Waals surface area contributed by atoms with E-state index in [0.717, 1.165) is 56.9 Å². The van der Waals surface area contributed by atoms with Gasteiger partial charge in [-0.3, -0.25) is 9.59 Å². The topological polar surface area (TPSA) is 52.6 Å². The van der Waals surface area contributed by atoms with E-state index in [1.54, 1.807) is 0 Å². The van der Waals surface area contributed by atoms with Crippen molar-refractivity contribution in [3.05, 3.63) is 47.5 Å². The highest BCUT2D eigenvalue weighted by molar-refractivity contribution is 5.74. The molecule has 0 aromatic heterocycles. The van der Waals surface area contributed by atoms with Crippen LogP contribution < -0.4 is 0 Å². The Hall–Kier alpha value is -2.10. The molecule has 3 fully saturated rings. The summed E-state index contributed by atoms with van der Waals surface area (Å²) >= 11 is 0. The molecule has 4 heteroatoms. The van der Waals surface area contributed by atoms with E-state index < -0.39 is 0 Å². The summed E-state index contributed by atoms with van der Waals surface area (Å²) in [4.78, 5) is 25.1. The van der Waals surface area contributed by atoms with Crippen LogP contribution in [0.1, 0.15) is 97.1 Å². The predicted molar refractivity (Wildman–Crippen MR) is 136 cm³/mol. The zero-order valence-electron chi connectivity index (χ0n) is 21.9. The van der Waals surface area contributed by atoms with Crippen molar-refractivity contribution in [2.45, 2.75) is 97.7 Å². The van der Waals surface area contributed by atoms with E-state index in [2.05, 4.69) is 39.0 Å². The summed E-state index contributed by atoms with van der Waals surface area (Å²) in [5, 5.41) is 0. The number of carbonyl (C=O) groups excluding carboxylic acids is 2. The Morgan fingerprint density at radius 2 is 1.80 bits per heavy atom. The fraction of sp³-hybridized carbons (Fsp3) is 0.677. The Kier molecular flexibility index (Phi) is 6.61. The zero-order chi connectivity index (χ0) is 24.8. The van der Waals surface area contributed by atoms with Crippen LogP contribution in [0.3, 0.4) is 0 Å². The first kappa shape index (κ1) is 24.6. The molecule has 0 N–H and O–H groups in total. The molecular weight excluding hydrogens is 436 g/mol. The molecule has 3 saturated carbocycles. The van der Waals surface area contributed by atoms with Gasteiger partial charge in [0.1, 0.15) is 12.2 Å². The van der Waals surface area contributed by atoms with Gasteiger partial charge in [-0.2, -0.15) is 0 Å². The normalized spacial score (nSPS) is 38.9. The van der Waals surface area contributed by atoms with Crippen LogP contribution in [0.2, 0.25) is 0 Å². The number of hydrogen-bond acceptors (Lipinski definition) is 4. The summed E-state index contributed by atoms with van der Waals surface area (Å²) in [6.07, 6.45) is 11.6. The van der Waals surface area contributed by atoms with Crippen molar-refractivity contribution >= 4 is 11.9 Å². The van der Waals surface area contributed by atoms with E-state index >= 15 is 0 Å². The van der Waals surface area contributed by atoms with Gasteiger partial charge in [0.25, 0.3) is 0 Å². The smallest absolute Gasteiger partial charge is 0.310 e. The second-order valence-corrected chi connectivity index (χ2v) is 12.2. The lowest BCUT2D eigenvalue weighted by atomic mass is 9.47. The molecule has 1 aromatic carbocycles. The van der Waals surface area contributed by atoms with Gasteiger partial charge in [-0.05, 0) is 85.5 Å². The van der Waals surface area contributed by atoms with E-state index in [1.807, 2.05) is 18.2 Å². The van der Waals surface area contributed by atoms with Crippen molar-refractivity contribution in [1.82, 2.24) is 0 Å². The molecule has 8 atom stereocenters. The van der Waals surface area contributed by atoms with Gasteiger partial charge in [-0.25, -0.2) is 0 Å². The number of rotatable bonds is 5. The van der Waals surface area contributed by atoms with Crippen LogP contribution >= 0.6 is 0 Å². The lowest BCUT2D eigenvalue weighted by molar-refractivity contribution is -0.162. The molecule has 0 radical (unpaired) electrons. The fourth-order valence-electron chi connectivity index (χ4n) is 8.63. The second kappa shape index (κ2) is 9.41. The first-order valence-electron chi connectivity index (χ1n) is 13.9. The molecule has 190 valence electrons. The maximum Gasteiger partial charge on any atom is 0.310 e. The van der Waals surface area contributed by atoms with Crippen molar-refractivity contribution in [2.24, 2.45) is 34.5 Å². The predicted octanol–water partition coefficient (Wildman–Crippen LogP) is 7.19. The van der Waals surface area contributed by atoms with Crippen molar-refractivity contribution in [3.63, 3.8) is 0 Å². The summed E-state index contributed by atoms with van der Waals surface area (Å²) in [5.41, 5.74) is 2.85. The van der Waals surface area contributed by atoms with E-state index in [9.17, 15) is 9.59 Å². The van der Waals surface area contributed by atoms with E-state index in [-0.39, 0.29) is 40.9 Å². The number of allylic oxidation sites excluding steroid dienone is 1. The van der Waals surface area contributed by atoms with Gasteiger partial charge >= 0.3 is 11.9 Å². The van der Waals surface area contributed by atoms with Gasteiger partial charge in [0.05, 0.1) is 5.92 Å². The minimum absolute atomic E-state index is 0.00379. The Bertz CT molecular complexity index is 983. The third-order valence-electron chi connectivity index (χ3n) is 10.5. The lowest BCUT2D eigenvalue weighted by Crippen LogP contribution is -2.51. The molecule has 0 heterocycles. The number of ether oxygens (including phenoxy) is 2. The Morgan fingerprint density at radius 1 is 1.03 bits per heavy atom. The maximum atomic E-state index is 13.5. The molecule has 0 bridgehead atoms. The largest absolute Gasteiger partial charge is 0.462 e. The van der Waals surface area contributed by atoms with Crippen molar-refractivity contribution in [3.8, 4) is 0 Å². The van der Waals surface area contributed by atoms with Crippen LogP contribution in [-0.2, 0) is 19.1 Å². The number of esters is 2. The summed E-state index contributed by atoms with van der Waals surface area (Å²) in [5.74, 6) is 1.75. The van der Waals surface area contributed by atoms with Gasteiger partial charge in [0, 0.05) is 13.3 Å². The monoisotopic (exact) mass is 478 g/mol. The Balaban J connectivity index is 1.31. The highest BCUT2D eigenvalue weighted by Gasteiger charge is 2.60. The second-order valence-electron chi connectivity index (χ2n) is 12.2. The molecule has 0 amide bonds. The van der Waals surface area contributed by atoms with Gasteiger partial charge in [0.2, 0.25) is 0 Å². The molecule has 0 aliphatic heterocycles. The molecular formula is C31H42O4. The standard InChI is InChI=1S/C31H42O4/c1-5-28(21-9-7-6-8-10-21)35-29(33)27-14-13-25-24-12-11-22-19-23(34-20(2)32)15-17-30(22,3)26(24)16-18-31(25,27)4/h6-11,23-28H,5,12-19H2,1-4H3/t23-,24-,25-,26-,27+,28+,30-,31-/m0/s1. The minimum Gasteiger partial charge on any atom is -0.462 e. The molecule has 1 aromatic rings. The quantitative estimate of drug-likeness (QED) is 0.332. The van der Waals surface area contributed by atoms with Crippen molar-refractivity contribution < 1.29 is 19.1 Å². The van der Waals surface area contributed by atoms with E-state index in [0.29, 0.717) is 17.8 Å². The van der Waals surface area contributed by atoms with Gasteiger partial charge in [-0.15, -0.1) is 0 Å². The Morgan fingerprint density at radius 3 is 2.51 bits per heavy atom. The summed E-state index contributed by atoms with van der Waals surface area (Å²) < 4.78 is 11.8. The molecule has 35 heavy (non-hydrogen) atoms. The van der Waals surface area contributed by atoms with Gasteiger partial charge in [-0.1, -0.05) is 62.8 Å². The SMILES string of the molecule is CC[C@@H](OC(=O)[C@H]1CC[C@H]2[C@@H]3CC=C4C[C@@H](OC(C)=O)CC[C@]4(C)[C@H]3CC[C@]12C)c1ccccc1. The third kappa shape index (κ3) is 4.25. The van der Waals surface area contributed by atoms with Crippen LogP contribution in [0.5, 0.6) is 0 Å². The molecule has 0 spiro atoms. The fourth-order valence-corrected chi connectivity index (χ4v) is 8.63. The average Bonchev–Trinajstić information content (AvgIpc) is 3.20. The van der Waals surface area contributed by atoms with Crippen LogP contribution in [0, 0.1) is 34.5 Å². The van der Waals surface area contributed by atoms with E-state index in [4.69, 9.17) is 9.47 Å². The zero-order valence-corrected chi connectivity index (χ0v) is 21.9. The molecule has 0 unspecified atom stereocenters. The van der Waals surface area contributed by atoms with E-state index in [1.165, 1.54) is 18.9 Å². The van der Waals surface area contributed by atoms with Crippen LogP contribution in [-0.4, -0.2) is 18.0 Å². The van der Waals surface area contributed by atoms with Crippen LogP contribution in [0.4, 0.5) is 0 Å². The molecule has 4 nitrogen and oxygen atoms in total. The number of hydrogen-bond donors (Lipinski definition) is 0. The molecule has 4 aliphatic carbocycles. The van der Waals surface area contributed by atoms with Crippen LogP contribution in [0.15, 0.2) is 42.0 Å². The first-order valence-corrected chi connectivity index (χ1v) is 13.9. The number of fused-ring (bicyclic) bond motifs is 5. The third-order valence-corrected chi connectivity index (χ3v) is 10.5. The maximum absolute atomic E-state index is 13.5. The summed E-state index contributed by atoms with van der Waals surface area (Å²) in [6.45, 7) is 8.47. The highest BCUT2D eigenvalue weighted by Crippen LogP contribution is 2.66. The number of carbonyl (C=O) groups is 2. The first-order chi connectivity index (χ1) is 16.8. The minimum atomic E-state index is -0.164. The van der Waals surface area contributed by atoms with Crippen molar-refractivity contribution in [2.75, 3.05) is 0 Å². The molecule has 5 rings (SSSR count). The average molecular weight is 479 g/mol. The highest BCUT2D eigenvalue weighted by atomic mass is 16.5. The lowest BCUT2D eigenvalue weighted by Gasteiger charge is -2.57. The van der Waals surface area contributed by atoms with Gasteiger partial charge in [0.15, 0.2) is 0 Å². The summed E-state index contributed by atoms with van der Waals surface area (Å²) in [6, 6.07) is 10.2. The van der Waals surface area contributed by atoms with Crippen molar-refractivity contribution in [1.29, 1.82) is 0 Å². The Labute approximate surface area is 210 Å². The molecule has 0 saturated heterocycles. The van der Waals surface area contributed by atoms with Gasteiger partial charge < -0.3 is 9.47 Å². The number of benzene rings is 1. The summed E-state index contributed by atoms with van der Waals surface area (Å²) in [7, 11) is 0.